The van der Waals surface area contributed by atoms with Crippen LogP contribution < -0.4 is 0 Å². The molecule has 0 fully saturated rings. The molecular formula is C29H17N3O2S. The number of allylic oxidation sites excluding steroid dienone is 1. The van der Waals surface area contributed by atoms with Crippen molar-refractivity contribution in [3.8, 4) is 11.4 Å². The molecule has 4 aromatic carbocycles. The number of rotatable bonds is 2. The van der Waals surface area contributed by atoms with Crippen molar-refractivity contribution >= 4 is 61.0 Å². The summed E-state index contributed by atoms with van der Waals surface area (Å²) in [5.41, 5.74) is 2.81. The van der Waals surface area contributed by atoms with Gasteiger partial charge in [-0.15, -0.1) is 0 Å². The normalized spacial score (nSPS) is 13.3. The fourth-order valence-electron chi connectivity index (χ4n) is 4.79. The molecule has 0 saturated heterocycles. The van der Waals surface area contributed by atoms with E-state index in [-0.39, 0.29) is 17.1 Å². The van der Waals surface area contributed by atoms with Gasteiger partial charge in [-0.05, 0) is 45.8 Å². The molecule has 0 amide bonds. The highest BCUT2D eigenvalue weighted by Crippen LogP contribution is 2.34. The van der Waals surface area contributed by atoms with E-state index in [0.717, 1.165) is 38.0 Å². The quantitative estimate of drug-likeness (QED) is 0.215. The zero-order valence-corrected chi connectivity index (χ0v) is 19.5. The Bertz CT molecular complexity index is 1850. The number of carbonyl (C=O) groups excluding carboxylic acids is 2. The number of nitrogens with zero attached hydrogens (tertiary/aromatic N) is 3. The predicted molar refractivity (Wildman–Crippen MR) is 140 cm³/mol. The van der Waals surface area contributed by atoms with E-state index in [4.69, 9.17) is 9.97 Å². The molecule has 0 aliphatic heterocycles. The molecule has 0 N–H and O–H groups in total. The highest BCUT2D eigenvalue weighted by Gasteiger charge is 2.33. The van der Waals surface area contributed by atoms with Gasteiger partial charge in [0.05, 0.1) is 5.57 Å². The minimum Gasteiger partial charge on any atom is -0.311 e. The molecule has 2 aromatic heterocycles. The van der Waals surface area contributed by atoms with Crippen molar-refractivity contribution in [3.63, 3.8) is 0 Å². The van der Waals surface area contributed by atoms with Crippen molar-refractivity contribution < 1.29 is 9.59 Å². The third-order valence-electron chi connectivity index (χ3n) is 6.59. The van der Waals surface area contributed by atoms with Gasteiger partial charge in [-0.2, -0.15) is 0 Å². The molecule has 0 atom stereocenters. The van der Waals surface area contributed by atoms with Gasteiger partial charge >= 0.3 is 0 Å². The number of Topliss-reactive ketones (excluding diaryl/α,β-unsaturated/α-hetero) is 2. The molecule has 0 saturated carbocycles. The first kappa shape index (κ1) is 20.0. The highest BCUT2D eigenvalue weighted by molar-refractivity contribution is 7.19. The lowest BCUT2D eigenvalue weighted by atomic mass is 10.0. The van der Waals surface area contributed by atoms with Crippen LogP contribution in [-0.2, 0) is 7.05 Å². The summed E-state index contributed by atoms with van der Waals surface area (Å²) in [5.74, 6) is 0.329. The topological polar surface area (TPSA) is 64.8 Å². The Balaban J connectivity index is 1.28. The number of aryl methyl sites for hydroxylation is 1. The van der Waals surface area contributed by atoms with E-state index in [0.29, 0.717) is 16.1 Å². The molecular weight excluding hydrogens is 454 g/mol. The van der Waals surface area contributed by atoms with Gasteiger partial charge in [0.15, 0.2) is 22.0 Å². The highest BCUT2D eigenvalue weighted by atomic mass is 32.1. The number of fused-ring (bicyclic) bond motifs is 4. The Labute approximate surface area is 204 Å². The third-order valence-corrected chi connectivity index (χ3v) is 7.48. The summed E-state index contributed by atoms with van der Waals surface area (Å²) in [7, 11) is 1.93. The Hall–Kier alpha value is -4.42. The number of hydrogen-bond donors (Lipinski definition) is 0. The van der Waals surface area contributed by atoms with Crippen molar-refractivity contribution in [1.82, 2.24) is 14.5 Å². The van der Waals surface area contributed by atoms with Crippen molar-refractivity contribution in [2.24, 2.45) is 7.05 Å². The number of thiazole rings is 1. The molecule has 7 rings (SSSR count). The maximum absolute atomic E-state index is 13.1. The number of ketones is 2. The molecule has 6 aromatic rings. The minimum atomic E-state index is -0.250. The molecule has 166 valence electrons. The van der Waals surface area contributed by atoms with Gasteiger partial charge in [-0.25, -0.2) is 9.97 Å². The lowest BCUT2D eigenvalue weighted by molar-refractivity contribution is 0.0990. The van der Waals surface area contributed by atoms with Gasteiger partial charge in [0.25, 0.3) is 0 Å². The number of aromatic nitrogens is 3. The first-order valence-corrected chi connectivity index (χ1v) is 12.0. The van der Waals surface area contributed by atoms with Crippen LogP contribution in [0.3, 0.4) is 0 Å². The summed E-state index contributed by atoms with van der Waals surface area (Å²) in [6.45, 7) is 0. The van der Waals surface area contributed by atoms with Gasteiger partial charge in [0.2, 0.25) is 0 Å². The van der Waals surface area contributed by atoms with Gasteiger partial charge in [-0.3, -0.25) is 9.59 Å². The van der Waals surface area contributed by atoms with E-state index in [1.807, 2.05) is 60.1 Å². The van der Waals surface area contributed by atoms with Crippen LogP contribution in [0, 0.1) is 0 Å². The van der Waals surface area contributed by atoms with Crippen LogP contribution in [0.2, 0.25) is 0 Å². The Morgan fingerprint density at radius 1 is 0.743 bits per heavy atom. The summed E-state index contributed by atoms with van der Waals surface area (Å²) < 4.78 is 1.96. The van der Waals surface area contributed by atoms with Gasteiger partial charge in [0.1, 0.15) is 10.8 Å². The fraction of sp³-hybridized carbons (Fsp3) is 0.0345. The predicted octanol–water partition coefficient (Wildman–Crippen LogP) is 6.47. The zero-order valence-electron chi connectivity index (χ0n) is 18.6. The maximum Gasteiger partial charge on any atom is 0.197 e. The molecule has 35 heavy (non-hydrogen) atoms. The fourth-order valence-corrected chi connectivity index (χ4v) is 5.71. The second kappa shape index (κ2) is 7.29. The molecule has 0 radical (unpaired) electrons. The molecule has 0 unspecified atom stereocenters. The summed E-state index contributed by atoms with van der Waals surface area (Å²) in [5, 5.41) is 4.81. The SMILES string of the molecule is Cn1c(-c2ccc3ccccc3c2)nc2sc(C=C3C(=O)c4cc5ccccc5cc4C3=O)nc21. The van der Waals surface area contributed by atoms with Crippen molar-refractivity contribution in [1.29, 1.82) is 0 Å². The van der Waals surface area contributed by atoms with Crippen LogP contribution in [0.5, 0.6) is 0 Å². The van der Waals surface area contributed by atoms with Crippen LogP contribution in [0.4, 0.5) is 0 Å². The molecule has 2 heterocycles. The molecule has 6 heteroatoms. The summed E-state index contributed by atoms with van der Waals surface area (Å²) in [6.07, 6.45) is 1.61. The molecule has 1 aliphatic rings. The minimum absolute atomic E-state index is 0.157. The van der Waals surface area contributed by atoms with Crippen molar-refractivity contribution in [2.45, 2.75) is 0 Å². The second-order valence-corrected chi connectivity index (χ2v) is 9.71. The lowest BCUT2D eigenvalue weighted by Crippen LogP contribution is -2.00. The van der Waals surface area contributed by atoms with Crippen molar-refractivity contribution in [2.75, 3.05) is 0 Å². The average Bonchev–Trinajstić information content (AvgIpc) is 3.50. The van der Waals surface area contributed by atoms with E-state index in [2.05, 4.69) is 30.3 Å². The van der Waals surface area contributed by atoms with E-state index in [1.165, 1.54) is 16.7 Å². The third kappa shape index (κ3) is 3.00. The number of benzene rings is 4. The van der Waals surface area contributed by atoms with E-state index >= 15 is 0 Å². The van der Waals surface area contributed by atoms with Gasteiger partial charge in [-0.1, -0.05) is 72.0 Å². The number of hydrogen-bond acceptors (Lipinski definition) is 5. The molecule has 0 bridgehead atoms. The van der Waals surface area contributed by atoms with Crippen LogP contribution in [-0.4, -0.2) is 26.1 Å². The van der Waals surface area contributed by atoms with E-state index in [1.54, 1.807) is 6.08 Å². The second-order valence-electron chi connectivity index (χ2n) is 8.70. The van der Waals surface area contributed by atoms with Gasteiger partial charge in [0, 0.05) is 23.7 Å². The van der Waals surface area contributed by atoms with Gasteiger partial charge < -0.3 is 4.57 Å². The standard InChI is InChI=1S/C29H17N3O2S/c1-32-27(20-11-10-16-6-2-3-7-17(16)12-20)31-29-28(32)30-24(35-29)15-23-25(33)21-13-18-8-4-5-9-19(18)14-22(21)26(23)34/h2-15H,1H3. The monoisotopic (exact) mass is 471 g/mol. The Morgan fingerprint density at radius 2 is 1.34 bits per heavy atom. The first-order chi connectivity index (χ1) is 17.1. The Kier molecular flexibility index (Phi) is 4.16. The molecule has 5 nitrogen and oxygen atoms in total. The summed E-state index contributed by atoms with van der Waals surface area (Å²) >= 11 is 1.38. The number of carbonyl (C=O) groups is 2. The summed E-state index contributed by atoms with van der Waals surface area (Å²) in [6, 6.07) is 25.9. The van der Waals surface area contributed by atoms with E-state index < -0.39 is 0 Å². The zero-order chi connectivity index (χ0) is 23.7. The van der Waals surface area contributed by atoms with Crippen molar-refractivity contribution in [3.05, 3.63) is 101 Å². The average molecular weight is 472 g/mol. The van der Waals surface area contributed by atoms with Crippen LogP contribution >= 0.6 is 11.3 Å². The number of imidazole rings is 1. The molecule has 0 spiro atoms. The van der Waals surface area contributed by atoms with Crippen LogP contribution in [0.15, 0.2) is 84.4 Å². The van der Waals surface area contributed by atoms with E-state index in [9.17, 15) is 9.59 Å². The van der Waals surface area contributed by atoms with Crippen LogP contribution in [0.1, 0.15) is 25.7 Å². The molecule has 1 aliphatic carbocycles. The Morgan fingerprint density at radius 3 is 1.97 bits per heavy atom. The first-order valence-electron chi connectivity index (χ1n) is 11.2. The maximum atomic E-state index is 13.1. The lowest BCUT2D eigenvalue weighted by Gasteiger charge is -2.04. The summed E-state index contributed by atoms with van der Waals surface area (Å²) in [4.78, 5) is 36.5. The largest absolute Gasteiger partial charge is 0.311 e. The van der Waals surface area contributed by atoms with Crippen LogP contribution in [0.25, 0.3) is 49.5 Å². The smallest absolute Gasteiger partial charge is 0.197 e.